The van der Waals surface area contributed by atoms with Gasteiger partial charge in [-0.1, -0.05) is 19.8 Å². The Morgan fingerprint density at radius 3 is 2.70 bits per heavy atom. The van der Waals surface area contributed by atoms with Gasteiger partial charge in [-0.2, -0.15) is 4.98 Å². The van der Waals surface area contributed by atoms with Crippen LogP contribution in [0.25, 0.3) is 0 Å². The highest BCUT2D eigenvalue weighted by molar-refractivity contribution is 5.52. The van der Waals surface area contributed by atoms with E-state index in [2.05, 4.69) is 27.2 Å². The first-order valence-corrected chi connectivity index (χ1v) is 8.81. The molecule has 0 saturated carbocycles. The number of hydrogen-bond donors (Lipinski definition) is 3. The number of aliphatic hydroxyl groups is 1. The van der Waals surface area contributed by atoms with Crippen LogP contribution in [-0.4, -0.2) is 46.9 Å². The lowest BCUT2D eigenvalue weighted by atomic mass is 10.1. The Morgan fingerprint density at radius 1 is 1.22 bits per heavy atom. The summed E-state index contributed by atoms with van der Waals surface area (Å²) < 4.78 is 16.5. The van der Waals surface area contributed by atoms with Crippen LogP contribution >= 0.6 is 0 Å². The van der Waals surface area contributed by atoms with Crippen molar-refractivity contribution in [3.05, 3.63) is 24.2 Å². The van der Waals surface area contributed by atoms with Crippen LogP contribution < -0.4 is 25.3 Å². The molecule has 0 aliphatic heterocycles. The summed E-state index contributed by atoms with van der Waals surface area (Å²) in [7, 11) is 3.10. The standard InChI is InChI=1S/C18H27N5O4/c1-4-5-6-12(10-24)22-17-15(9-21-18(19)23-17)27-11-13-16(26-3)14(25-2)7-8-20-13/h7-9,12,24H,4-6,10-11H2,1-3H3,(H3,19,21,22,23). The second-order valence-electron chi connectivity index (χ2n) is 5.89. The van der Waals surface area contributed by atoms with E-state index in [9.17, 15) is 5.11 Å². The Morgan fingerprint density at radius 2 is 2.04 bits per heavy atom. The zero-order valence-electron chi connectivity index (χ0n) is 15.9. The minimum Gasteiger partial charge on any atom is -0.493 e. The second kappa shape index (κ2) is 10.4. The van der Waals surface area contributed by atoms with Gasteiger partial charge in [0.1, 0.15) is 12.3 Å². The number of nitrogens with zero attached hydrogens (tertiary/aromatic N) is 3. The number of hydrogen-bond acceptors (Lipinski definition) is 9. The van der Waals surface area contributed by atoms with E-state index in [4.69, 9.17) is 19.9 Å². The average Bonchev–Trinajstić information content (AvgIpc) is 2.69. The zero-order valence-corrected chi connectivity index (χ0v) is 15.9. The molecule has 0 amide bonds. The molecule has 0 aromatic carbocycles. The van der Waals surface area contributed by atoms with Crippen LogP contribution in [0.15, 0.2) is 18.5 Å². The number of aliphatic hydroxyl groups excluding tert-OH is 1. The summed E-state index contributed by atoms with van der Waals surface area (Å²) in [6.45, 7) is 2.20. The van der Waals surface area contributed by atoms with Crippen LogP contribution in [0.2, 0.25) is 0 Å². The SMILES string of the molecule is CCCCC(CO)Nc1nc(N)ncc1OCc1nccc(OC)c1OC. The van der Waals surface area contributed by atoms with E-state index >= 15 is 0 Å². The molecule has 0 saturated heterocycles. The van der Waals surface area contributed by atoms with E-state index in [0.29, 0.717) is 28.8 Å². The Kier molecular flexibility index (Phi) is 7.87. The molecule has 9 heteroatoms. The third kappa shape index (κ3) is 5.58. The molecule has 0 aliphatic carbocycles. The van der Waals surface area contributed by atoms with Crippen LogP contribution in [0.1, 0.15) is 31.9 Å². The van der Waals surface area contributed by atoms with Gasteiger partial charge in [0.05, 0.1) is 33.1 Å². The van der Waals surface area contributed by atoms with E-state index < -0.39 is 0 Å². The van der Waals surface area contributed by atoms with Crippen molar-refractivity contribution < 1.29 is 19.3 Å². The Bertz CT molecular complexity index is 729. The number of nitrogen functional groups attached to an aromatic ring is 1. The van der Waals surface area contributed by atoms with Gasteiger partial charge in [0.2, 0.25) is 5.95 Å². The first-order chi connectivity index (χ1) is 13.1. The fraction of sp³-hybridized carbons (Fsp3) is 0.500. The zero-order chi connectivity index (χ0) is 19.6. The maximum absolute atomic E-state index is 9.59. The molecule has 2 aromatic rings. The van der Waals surface area contributed by atoms with Crippen LogP contribution in [0.3, 0.4) is 0 Å². The quantitative estimate of drug-likeness (QED) is 0.539. The smallest absolute Gasteiger partial charge is 0.222 e. The topological polar surface area (TPSA) is 125 Å². The Balaban J connectivity index is 2.17. The molecular formula is C18H27N5O4. The van der Waals surface area contributed by atoms with Gasteiger partial charge in [0.25, 0.3) is 0 Å². The molecule has 9 nitrogen and oxygen atoms in total. The fourth-order valence-corrected chi connectivity index (χ4v) is 2.55. The summed E-state index contributed by atoms with van der Waals surface area (Å²) in [6.07, 6.45) is 5.94. The fourth-order valence-electron chi connectivity index (χ4n) is 2.55. The lowest BCUT2D eigenvalue weighted by molar-refractivity contribution is 0.264. The maximum atomic E-state index is 9.59. The van der Waals surface area contributed by atoms with Gasteiger partial charge in [0.15, 0.2) is 23.1 Å². The average molecular weight is 377 g/mol. The molecule has 2 aromatic heterocycles. The molecule has 2 rings (SSSR count). The van der Waals surface area contributed by atoms with Gasteiger partial charge >= 0.3 is 0 Å². The molecule has 0 radical (unpaired) electrons. The number of methoxy groups -OCH3 is 2. The Labute approximate surface area is 158 Å². The molecule has 1 atom stereocenters. The van der Waals surface area contributed by atoms with E-state index in [1.54, 1.807) is 26.5 Å². The van der Waals surface area contributed by atoms with Gasteiger partial charge in [0, 0.05) is 12.3 Å². The monoisotopic (exact) mass is 377 g/mol. The predicted molar refractivity (Wildman–Crippen MR) is 102 cm³/mol. The van der Waals surface area contributed by atoms with Crippen LogP contribution in [-0.2, 0) is 6.61 Å². The highest BCUT2D eigenvalue weighted by Crippen LogP contribution is 2.31. The molecular weight excluding hydrogens is 350 g/mol. The molecule has 0 bridgehead atoms. The van der Waals surface area contributed by atoms with Crippen LogP contribution in [0.4, 0.5) is 11.8 Å². The predicted octanol–water partition coefficient (Wildman–Crippen LogP) is 2.01. The van der Waals surface area contributed by atoms with Crippen molar-refractivity contribution in [2.45, 2.75) is 38.8 Å². The van der Waals surface area contributed by atoms with Crippen molar-refractivity contribution in [1.82, 2.24) is 15.0 Å². The highest BCUT2D eigenvalue weighted by atomic mass is 16.5. The molecule has 148 valence electrons. The van der Waals surface area contributed by atoms with E-state index in [-0.39, 0.29) is 25.2 Å². The summed E-state index contributed by atoms with van der Waals surface area (Å²) in [5.74, 6) is 2.03. The third-order valence-electron chi connectivity index (χ3n) is 3.97. The summed E-state index contributed by atoms with van der Waals surface area (Å²) in [6, 6.07) is 1.56. The highest BCUT2D eigenvalue weighted by Gasteiger charge is 2.16. The van der Waals surface area contributed by atoms with Crippen molar-refractivity contribution >= 4 is 11.8 Å². The van der Waals surface area contributed by atoms with Crippen molar-refractivity contribution in [1.29, 1.82) is 0 Å². The number of unbranched alkanes of at least 4 members (excludes halogenated alkanes) is 1. The number of nitrogens with one attached hydrogen (secondary N) is 1. The lowest BCUT2D eigenvalue weighted by Gasteiger charge is -2.19. The van der Waals surface area contributed by atoms with Crippen molar-refractivity contribution in [3.8, 4) is 17.2 Å². The first kappa shape index (κ1) is 20.5. The number of aromatic nitrogens is 3. The van der Waals surface area contributed by atoms with Crippen molar-refractivity contribution in [3.63, 3.8) is 0 Å². The van der Waals surface area contributed by atoms with Crippen molar-refractivity contribution in [2.24, 2.45) is 0 Å². The maximum Gasteiger partial charge on any atom is 0.222 e. The van der Waals surface area contributed by atoms with Gasteiger partial charge in [-0.05, 0) is 6.42 Å². The van der Waals surface area contributed by atoms with E-state index in [0.717, 1.165) is 19.3 Å². The molecule has 1 unspecified atom stereocenters. The van der Waals surface area contributed by atoms with Gasteiger partial charge in [-0.25, -0.2) is 4.98 Å². The normalized spacial score (nSPS) is 11.7. The molecule has 27 heavy (non-hydrogen) atoms. The number of pyridine rings is 1. The molecule has 0 spiro atoms. The summed E-state index contributed by atoms with van der Waals surface area (Å²) in [4.78, 5) is 12.5. The first-order valence-electron chi connectivity index (χ1n) is 8.81. The number of anilines is 2. The van der Waals surface area contributed by atoms with Crippen LogP contribution in [0, 0.1) is 0 Å². The van der Waals surface area contributed by atoms with E-state index in [1.807, 2.05) is 0 Å². The van der Waals surface area contributed by atoms with Crippen molar-refractivity contribution in [2.75, 3.05) is 31.9 Å². The second-order valence-corrected chi connectivity index (χ2v) is 5.89. The minimum atomic E-state index is -0.147. The number of rotatable bonds is 11. The lowest BCUT2D eigenvalue weighted by Crippen LogP contribution is -2.25. The summed E-state index contributed by atoms with van der Waals surface area (Å²) in [5.41, 5.74) is 6.28. The van der Waals surface area contributed by atoms with Gasteiger partial charge in [-0.15, -0.1) is 0 Å². The molecule has 0 aliphatic rings. The molecule has 4 N–H and O–H groups in total. The molecule has 2 heterocycles. The number of nitrogens with two attached hydrogens (primary N) is 1. The largest absolute Gasteiger partial charge is 0.493 e. The molecule has 0 fully saturated rings. The van der Waals surface area contributed by atoms with Gasteiger partial charge < -0.3 is 30.4 Å². The van der Waals surface area contributed by atoms with E-state index in [1.165, 1.54) is 6.20 Å². The third-order valence-corrected chi connectivity index (χ3v) is 3.97. The van der Waals surface area contributed by atoms with Crippen LogP contribution in [0.5, 0.6) is 17.2 Å². The van der Waals surface area contributed by atoms with Gasteiger partial charge in [-0.3, -0.25) is 4.98 Å². The Hall–Kier alpha value is -2.81. The summed E-state index contributed by atoms with van der Waals surface area (Å²) >= 11 is 0. The summed E-state index contributed by atoms with van der Waals surface area (Å²) in [5, 5.41) is 12.8. The minimum absolute atomic E-state index is 0.0192. The number of ether oxygens (including phenoxy) is 3.